The van der Waals surface area contributed by atoms with Crippen LogP contribution in [0.1, 0.15) is 13.3 Å². The normalized spacial score (nSPS) is 10.1. The number of thioether (sulfide) groups is 1. The maximum absolute atomic E-state index is 11.3. The molecule has 7 nitrogen and oxygen atoms in total. The summed E-state index contributed by atoms with van der Waals surface area (Å²) in [6.45, 7) is 2.76. The van der Waals surface area contributed by atoms with Crippen LogP contribution in [-0.2, 0) is 9.59 Å². The quantitative estimate of drug-likeness (QED) is 0.604. The topological polar surface area (TPSA) is 104 Å². The van der Waals surface area contributed by atoms with Crippen molar-refractivity contribution in [2.45, 2.75) is 17.7 Å². The van der Waals surface area contributed by atoms with Crippen LogP contribution in [0.3, 0.4) is 0 Å². The summed E-state index contributed by atoms with van der Waals surface area (Å²) in [6.07, 6.45) is 0.889. The van der Waals surface area contributed by atoms with E-state index in [0.29, 0.717) is 16.0 Å². The standard InChI is InChI=1S/C9H14N4O3S2/c1-2-3-10-6(14)4-11-8-12-13-9(18-8)17-5-7(15)16/h2-5H2,1H3,(H,10,14)(H,11,12)(H,15,16). The van der Waals surface area contributed by atoms with Crippen molar-refractivity contribution in [3.8, 4) is 0 Å². The molecular formula is C9H14N4O3S2. The average Bonchev–Trinajstić information content (AvgIpc) is 2.79. The SMILES string of the molecule is CCCNC(=O)CNc1nnc(SCC(=O)O)s1. The Morgan fingerprint density at radius 3 is 2.89 bits per heavy atom. The molecule has 0 aromatic carbocycles. The summed E-state index contributed by atoms with van der Waals surface area (Å²) in [7, 11) is 0. The lowest BCUT2D eigenvalue weighted by Gasteiger charge is -2.02. The number of carbonyl (C=O) groups is 2. The van der Waals surface area contributed by atoms with Gasteiger partial charge in [0.25, 0.3) is 0 Å². The zero-order valence-corrected chi connectivity index (χ0v) is 11.4. The first-order chi connectivity index (χ1) is 8.61. The summed E-state index contributed by atoms with van der Waals surface area (Å²) in [4.78, 5) is 21.7. The number of nitrogens with zero attached hydrogens (tertiary/aromatic N) is 2. The van der Waals surface area contributed by atoms with Gasteiger partial charge in [-0.25, -0.2) is 0 Å². The second-order valence-electron chi connectivity index (χ2n) is 3.26. The van der Waals surface area contributed by atoms with Crippen molar-refractivity contribution in [3.63, 3.8) is 0 Å². The monoisotopic (exact) mass is 290 g/mol. The van der Waals surface area contributed by atoms with Crippen LogP contribution in [0.25, 0.3) is 0 Å². The van der Waals surface area contributed by atoms with E-state index in [0.717, 1.165) is 18.2 Å². The summed E-state index contributed by atoms with van der Waals surface area (Å²) in [5.74, 6) is -1.05. The molecule has 0 aliphatic carbocycles. The van der Waals surface area contributed by atoms with E-state index in [4.69, 9.17) is 5.11 Å². The molecule has 0 bridgehead atoms. The number of aromatic nitrogens is 2. The fourth-order valence-electron chi connectivity index (χ4n) is 0.946. The first-order valence-corrected chi connectivity index (χ1v) is 7.10. The highest BCUT2D eigenvalue weighted by Gasteiger charge is 2.08. The molecule has 1 rings (SSSR count). The van der Waals surface area contributed by atoms with Gasteiger partial charge in [0.2, 0.25) is 11.0 Å². The first kappa shape index (κ1) is 14.7. The minimum Gasteiger partial charge on any atom is -0.481 e. The van der Waals surface area contributed by atoms with E-state index in [1.54, 1.807) is 0 Å². The van der Waals surface area contributed by atoms with E-state index in [1.807, 2.05) is 6.92 Å². The number of carboxylic acids is 1. The second-order valence-corrected chi connectivity index (χ2v) is 5.46. The Morgan fingerprint density at radius 1 is 1.44 bits per heavy atom. The molecule has 1 amide bonds. The Hall–Kier alpha value is -1.35. The van der Waals surface area contributed by atoms with E-state index < -0.39 is 5.97 Å². The molecule has 100 valence electrons. The largest absolute Gasteiger partial charge is 0.481 e. The number of rotatable bonds is 8. The van der Waals surface area contributed by atoms with Crippen LogP contribution >= 0.6 is 23.1 Å². The van der Waals surface area contributed by atoms with Crippen molar-refractivity contribution >= 4 is 40.1 Å². The van der Waals surface area contributed by atoms with E-state index in [1.165, 1.54) is 11.3 Å². The third-order valence-corrected chi connectivity index (χ3v) is 3.70. The molecule has 0 aliphatic heterocycles. The van der Waals surface area contributed by atoms with E-state index in [2.05, 4.69) is 20.8 Å². The molecular weight excluding hydrogens is 276 g/mol. The van der Waals surface area contributed by atoms with Crippen LogP contribution < -0.4 is 10.6 Å². The van der Waals surface area contributed by atoms with Crippen molar-refractivity contribution < 1.29 is 14.7 Å². The molecule has 0 saturated heterocycles. The zero-order valence-electron chi connectivity index (χ0n) is 9.80. The fourth-order valence-corrected chi connectivity index (χ4v) is 2.41. The Balaban J connectivity index is 2.30. The van der Waals surface area contributed by atoms with Gasteiger partial charge in [0, 0.05) is 6.54 Å². The number of amides is 1. The molecule has 0 spiro atoms. The number of anilines is 1. The number of nitrogens with one attached hydrogen (secondary N) is 2. The first-order valence-electron chi connectivity index (χ1n) is 5.30. The van der Waals surface area contributed by atoms with E-state index in [-0.39, 0.29) is 18.2 Å². The second kappa shape index (κ2) is 7.88. The molecule has 0 radical (unpaired) electrons. The van der Waals surface area contributed by atoms with Crippen LogP contribution in [0.2, 0.25) is 0 Å². The van der Waals surface area contributed by atoms with Gasteiger partial charge in [0.1, 0.15) is 0 Å². The lowest BCUT2D eigenvalue weighted by atomic mass is 10.4. The summed E-state index contributed by atoms with van der Waals surface area (Å²) in [5, 5.41) is 22.2. The minimum absolute atomic E-state index is 0.0500. The van der Waals surface area contributed by atoms with Gasteiger partial charge < -0.3 is 15.7 Å². The number of aliphatic carboxylic acids is 1. The number of carboxylic acid groups (broad SMARTS) is 1. The Bertz CT molecular complexity index is 410. The van der Waals surface area contributed by atoms with Gasteiger partial charge in [-0.1, -0.05) is 30.0 Å². The Morgan fingerprint density at radius 2 is 2.22 bits per heavy atom. The van der Waals surface area contributed by atoms with Gasteiger partial charge in [-0.05, 0) is 6.42 Å². The highest BCUT2D eigenvalue weighted by molar-refractivity contribution is 8.01. The maximum atomic E-state index is 11.3. The third kappa shape index (κ3) is 5.82. The summed E-state index contributed by atoms with van der Waals surface area (Å²) < 4.78 is 0.564. The summed E-state index contributed by atoms with van der Waals surface area (Å²) >= 11 is 2.33. The average molecular weight is 290 g/mol. The molecule has 0 aliphatic rings. The fraction of sp³-hybridized carbons (Fsp3) is 0.556. The molecule has 0 unspecified atom stereocenters. The summed E-state index contributed by atoms with van der Waals surface area (Å²) in [6, 6.07) is 0. The molecule has 18 heavy (non-hydrogen) atoms. The van der Waals surface area contributed by atoms with Gasteiger partial charge in [-0.15, -0.1) is 10.2 Å². The summed E-state index contributed by atoms with van der Waals surface area (Å²) in [5.41, 5.74) is 0. The van der Waals surface area contributed by atoms with Gasteiger partial charge in [0.15, 0.2) is 4.34 Å². The molecule has 9 heteroatoms. The van der Waals surface area contributed by atoms with Crippen LogP contribution in [-0.4, -0.2) is 46.0 Å². The lowest BCUT2D eigenvalue weighted by Crippen LogP contribution is -2.30. The van der Waals surface area contributed by atoms with Crippen molar-refractivity contribution in [1.82, 2.24) is 15.5 Å². The van der Waals surface area contributed by atoms with Crippen molar-refractivity contribution in [3.05, 3.63) is 0 Å². The van der Waals surface area contributed by atoms with Gasteiger partial charge in [-0.2, -0.15) is 0 Å². The number of hydrogen-bond acceptors (Lipinski definition) is 7. The molecule has 3 N–H and O–H groups in total. The van der Waals surface area contributed by atoms with Gasteiger partial charge in [0.05, 0.1) is 12.3 Å². The van der Waals surface area contributed by atoms with Gasteiger partial charge >= 0.3 is 5.97 Å². The predicted octanol–water partition coefficient (Wildman–Crippen LogP) is 0.653. The third-order valence-electron chi connectivity index (χ3n) is 1.70. The van der Waals surface area contributed by atoms with Crippen LogP contribution in [0.5, 0.6) is 0 Å². The molecule has 0 atom stereocenters. The lowest BCUT2D eigenvalue weighted by molar-refractivity contribution is -0.133. The predicted molar refractivity (Wildman–Crippen MR) is 70.1 cm³/mol. The number of carbonyl (C=O) groups excluding carboxylic acids is 1. The zero-order chi connectivity index (χ0) is 13.4. The minimum atomic E-state index is -0.899. The molecule has 1 aromatic heterocycles. The molecule has 0 fully saturated rings. The van der Waals surface area contributed by atoms with Crippen molar-refractivity contribution in [2.75, 3.05) is 24.2 Å². The molecule has 1 heterocycles. The Labute approximate surface area is 112 Å². The van der Waals surface area contributed by atoms with Crippen LogP contribution in [0, 0.1) is 0 Å². The Kier molecular flexibility index (Phi) is 6.44. The maximum Gasteiger partial charge on any atom is 0.313 e. The van der Waals surface area contributed by atoms with Crippen molar-refractivity contribution in [2.24, 2.45) is 0 Å². The molecule has 0 saturated carbocycles. The van der Waals surface area contributed by atoms with Gasteiger partial charge in [-0.3, -0.25) is 9.59 Å². The highest BCUT2D eigenvalue weighted by Crippen LogP contribution is 2.24. The van der Waals surface area contributed by atoms with Crippen molar-refractivity contribution in [1.29, 1.82) is 0 Å². The van der Waals surface area contributed by atoms with Crippen LogP contribution in [0.4, 0.5) is 5.13 Å². The number of hydrogen-bond donors (Lipinski definition) is 3. The highest BCUT2D eigenvalue weighted by atomic mass is 32.2. The van der Waals surface area contributed by atoms with E-state index >= 15 is 0 Å². The van der Waals surface area contributed by atoms with E-state index in [9.17, 15) is 9.59 Å². The molecule has 1 aromatic rings. The smallest absolute Gasteiger partial charge is 0.313 e. The van der Waals surface area contributed by atoms with Crippen LogP contribution in [0.15, 0.2) is 4.34 Å².